The van der Waals surface area contributed by atoms with Crippen LogP contribution in [-0.2, 0) is 14.8 Å². The molecule has 5 nitrogen and oxygen atoms in total. The fraction of sp³-hybridized carbons (Fsp3) is 0.400. The Morgan fingerprint density at radius 3 is 2.67 bits per heavy atom. The third-order valence-corrected chi connectivity index (χ3v) is 5.50. The van der Waals surface area contributed by atoms with Crippen molar-refractivity contribution in [3.8, 4) is 0 Å². The van der Waals surface area contributed by atoms with E-state index in [9.17, 15) is 13.2 Å². The zero-order valence-corrected chi connectivity index (χ0v) is 12.9. The second-order valence-corrected chi connectivity index (χ2v) is 7.44. The van der Waals surface area contributed by atoms with E-state index in [0.29, 0.717) is 23.6 Å². The third-order valence-electron chi connectivity index (χ3n) is 3.53. The van der Waals surface area contributed by atoms with Crippen molar-refractivity contribution in [2.45, 2.75) is 24.7 Å². The van der Waals surface area contributed by atoms with Crippen LogP contribution < -0.4 is 0 Å². The summed E-state index contributed by atoms with van der Waals surface area (Å²) in [6.45, 7) is 2.28. The molecule has 0 spiro atoms. The highest BCUT2D eigenvalue weighted by Crippen LogP contribution is 2.31. The van der Waals surface area contributed by atoms with Gasteiger partial charge in [0, 0.05) is 19.7 Å². The Morgan fingerprint density at radius 1 is 1.43 bits per heavy atom. The molecular formula is C15H19NO4S. The molecule has 1 aromatic carbocycles. The number of aryl methyl sites for hydroxylation is 1. The summed E-state index contributed by atoms with van der Waals surface area (Å²) in [6.07, 6.45) is 4.55. The van der Waals surface area contributed by atoms with E-state index in [-0.39, 0.29) is 4.90 Å². The molecule has 6 heteroatoms. The van der Waals surface area contributed by atoms with Crippen molar-refractivity contribution in [3.63, 3.8) is 0 Å². The molecule has 1 fully saturated rings. The summed E-state index contributed by atoms with van der Waals surface area (Å²) in [5, 5.41) is 8.64. The van der Waals surface area contributed by atoms with E-state index in [2.05, 4.69) is 0 Å². The fourth-order valence-electron chi connectivity index (χ4n) is 2.10. The smallest absolute Gasteiger partial charge is 0.328 e. The van der Waals surface area contributed by atoms with Crippen molar-refractivity contribution in [2.24, 2.45) is 5.92 Å². The largest absolute Gasteiger partial charge is 0.478 e. The standard InChI is InChI=1S/C15H19NO4S/c1-11-3-4-12(7-8-15(17)18)9-14(11)21(19,20)16(2)10-13-5-6-13/h3-4,7-9,13H,5-6,10H2,1-2H3,(H,17,18). The van der Waals surface area contributed by atoms with Gasteiger partial charge in [-0.3, -0.25) is 0 Å². The van der Waals surface area contributed by atoms with Gasteiger partial charge >= 0.3 is 5.97 Å². The molecule has 0 aliphatic heterocycles. The quantitative estimate of drug-likeness (QED) is 0.817. The molecule has 2 rings (SSSR count). The molecule has 0 amide bonds. The van der Waals surface area contributed by atoms with Crippen molar-refractivity contribution in [2.75, 3.05) is 13.6 Å². The summed E-state index contributed by atoms with van der Waals surface area (Å²) < 4.78 is 26.6. The van der Waals surface area contributed by atoms with Crippen LogP contribution in [0.1, 0.15) is 24.0 Å². The Morgan fingerprint density at radius 2 is 2.10 bits per heavy atom. The van der Waals surface area contributed by atoms with Crippen LogP contribution in [0.3, 0.4) is 0 Å². The van der Waals surface area contributed by atoms with Gasteiger partial charge in [0.25, 0.3) is 0 Å². The van der Waals surface area contributed by atoms with E-state index in [0.717, 1.165) is 18.9 Å². The molecule has 114 valence electrons. The molecule has 0 unspecified atom stereocenters. The molecule has 1 saturated carbocycles. The van der Waals surface area contributed by atoms with Gasteiger partial charge in [-0.25, -0.2) is 17.5 Å². The molecule has 21 heavy (non-hydrogen) atoms. The summed E-state index contributed by atoms with van der Waals surface area (Å²) in [5.41, 5.74) is 1.21. The van der Waals surface area contributed by atoms with Crippen LogP contribution in [0.4, 0.5) is 0 Å². The minimum absolute atomic E-state index is 0.234. The lowest BCUT2D eigenvalue weighted by Gasteiger charge is -2.18. The van der Waals surface area contributed by atoms with Crippen LogP contribution in [-0.4, -0.2) is 37.4 Å². The van der Waals surface area contributed by atoms with Crippen LogP contribution in [0.15, 0.2) is 29.2 Å². The number of sulfonamides is 1. The monoisotopic (exact) mass is 309 g/mol. The second-order valence-electron chi connectivity index (χ2n) is 5.43. The number of carboxylic acids is 1. The van der Waals surface area contributed by atoms with E-state index >= 15 is 0 Å². The molecule has 0 saturated heterocycles. The minimum atomic E-state index is -3.53. The van der Waals surface area contributed by atoms with E-state index in [1.54, 1.807) is 26.1 Å². The maximum absolute atomic E-state index is 12.6. The van der Waals surface area contributed by atoms with E-state index in [1.807, 2.05) is 0 Å². The normalized spacial score (nSPS) is 15.8. The summed E-state index contributed by atoms with van der Waals surface area (Å²) in [4.78, 5) is 10.8. The third kappa shape index (κ3) is 3.92. The Balaban J connectivity index is 2.32. The average Bonchev–Trinajstić information content (AvgIpc) is 3.21. The number of hydrogen-bond acceptors (Lipinski definition) is 3. The molecule has 1 aromatic rings. The SMILES string of the molecule is Cc1ccc(C=CC(=O)O)cc1S(=O)(=O)N(C)CC1CC1. The van der Waals surface area contributed by atoms with Crippen molar-refractivity contribution in [3.05, 3.63) is 35.4 Å². The van der Waals surface area contributed by atoms with Crippen molar-refractivity contribution < 1.29 is 18.3 Å². The topological polar surface area (TPSA) is 74.7 Å². The van der Waals surface area contributed by atoms with Crippen molar-refractivity contribution >= 4 is 22.1 Å². The number of carboxylic acid groups (broad SMARTS) is 1. The highest BCUT2D eigenvalue weighted by Gasteiger charge is 2.29. The molecule has 0 bridgehead atoms. The minimum Gasteiger partial charge on any atom is -0.478 e. The maximum Gasteiger partial charge on any atom is 0.328 e. The second kappa shape index (κ2) is 5.99. The molecule has 0 radical (unpaired) electrons. The zero-order chi connectivity index (χ0) is 15.6. The lowest BCUT2D eigenvalue weighted by atomic mass is 10.1. The van der Waals surface area contributed by atoms with Gasteiger partial charge in [0.05, 0.1) is 4.90 Å². The van der Waals surface area contributed by atoms with Crippen LogP contribution in [0.5, 0.6) is 0 Å². The number of rotatable bonds is 6. The van der Waals surface area contributed by atoms with Gasteiger partial charge in [0.1, 0.15) is 0 Å². The number of benzene rings is 1. The van der Waals surface area contributed by atoms with E-state index in [4.69, 9.17) is 5.11 Å². The molecule has 1 aliphatic carbocycles. The Labute approximate surface area is 124 Å². The van der Waals surface area contributed by atoms with Gasteiger partial charge in [-0.1, -0.05) is 12.1 Å². The first kappa shape index (κ1) is 15.7. The van der Waals surface area contributed by atoms with Crippen LogP contribution in [0.25, 0.3) is 6.08 Å². The summed E-state index contributed by atoms with van der Waals surface area (Å²) in [7, 11) is -1.94. The predicted octanol–water partition coefficient (Wildman–Crippen LogP) is 2.12. The van der Waals surface area contributed by atoms with Crippen LogP contribution >= 0.6 is 0 Å². The van der Waals surface area contributed by atoms with E-state index in [1.165, 1.54) is 16.4 Å². The summed E-state index contributed by atoms with van der Waals surface area (Å²) >= 11 is 0. The first-order valence-electron chi connectivity index (χ1n) is 6.78. The first-order chi connectivity index (χ1) is 9.80. The van der Waals surface area contributed by atoms with Crippen LogP contribution in [0.2, 0.25) is 0 Å². The lowest BCUT2D eigenvalue weighted by molar-refractivity contribution is -0.131. The molecule has 0 heterocycles. The van der Waals surface area contributed by atoms with Gasteiger partial charge in [-0.2, -0.15) is 0 Å². The zero-order valence-electron chi connectivity index (χ0n) is 12.1. The Kier molecular flexibility index (Phi) is 4.49. The number of nitrogens with zero attached hydrogens (tertiary/aromatic N) is 1. The predicted molar refractivity (Wildman–Crippen MR) is 80.4 cm³/mol. The first-order valence-corrected chi connectivity index (χ1v) is 8.22. The highest BCUT2D eigenvalue weighted by molar-refractivity contribution is 7.89. The van der Waals surface area contributed by atoms with Gasteiger partial charge < -0.3 is 5.11 Å². The van der Waals surface area contributed by atoms with Crippen LogP contribution in [0, 0.1) is 12.8 Å². The summed E-state index contributed by atoms with van der Waals surface area (Å²) in [5.74, 6) is -0.592. The average molecular weight is 309 g/mol. The summed E-state index contributed by atoms with van der Waals surface area (Å²) in [6, 6.07) is 4.92. The lowest BCUT2D eigenvalue weighted by Crippen LogP contribution is -2.29. The molecular weight excluding hydrogens is 290 g/mol. The molecule has 1 aliphatic rings. The molecule has 0 atom stereocenters. The Hall–Kier alpha value is -1.66. The van der Waals surface area contributed by atoms with Gasteiger partial charge in [-0.05, 0) is 49.0 Å². The molecule has 0 aromatic heterocycles. The Bertz CT molecular complexity index is 675. The number of carbonyl (C=O) groups is 1. The van der Waals surface area contributed by atoms with Gasteiger partial charge in [-0.15, -0.1) is 0 Å². The van der Waals surface area contributed by atoms with Crippen molar-refractivity contribution in [1.29, 1.82) is 0 Å². The highest BCUT2D eigenvalue weighted by atomic mass is 32.2. The number of hydrogen-bond donors (Lipinski definition) is 1. The van der Waals surface area contributed by atoms with Gasteiger partial charge in [0.15, 0.2) is 0 Å². The maximum atomic E-state index is 12.6. The number of aliphatic carboxylic acids is 1. The van der Waals surface area contributed by atoms with Gasteiger partial charge in [0.2, 0.25) is 10.0 Å². The fourth-order valence-corrected chi connectivity index (χ4v) is 3.60. The van der Waals surface area contributed by atoms with Crippen molar-refractivity contribution in [1.82, 2.24) is 4.31 Å². The molecule has 1 N–H and O–H groups in total. The van der Waals surface area contributed by atoms with E-state index < -0.39 is 16.0 Å².